The number of hydrogen-bond donors (Lipinski definition) is 0. The number of rotatable bonds is 4. The van der Waals surface area contributed by atoms with Crippen molar-refractivity contribution in [1.82, 2.24) is 15.0 Å². The molecule has 1 aromatic carbocycles. The summed E-state index contributed by atoms with van der Waals surface area (Å²) in [7, 11) is 0. The molecule has 0 spiro atoms. The standard InChI is InChI=1S/C15H18ClN5O/c1-2-22-13-6-4-3-5-12(13)20-7-9-21(10-8-20)15-18-11-17-14(16)19-15/h3-6,11H,2,7-10H2,1H3. The number of nitrogens with zero attached hydrogens (tertiary/aromatic N) is 5. The Balaban J connectivity index is 1.69. The van der Waals surface area contributed by atoms with E-state index >= 15 is 0 Å². The summed E-state index contributed by atoms with van der Waals surface area (Å²) in [6.07, 6.45) is 1.45. The van der Waals surface area contributed by atoms with Gasteiger partial charge in [0.15, 0.2) is 0 Å². The van der Waals surface area contributed by atoms with Crippen LogP contribution in [0.2, 0.25) is 5.28 Å². The van der Waals surface area contributed by atoms with Gasteiger partial charge in [-0.05, 0) is 30.7 Å². The molecule has 3 rings (SSSR count). The lowest BCUT2D eigenvalue weighted by molar-refractivity contribution is 0.340. The molecule has 0 bridgehead atoms. The smallest absolute Gasteiger partial charge is 0.229 e. The van der Waals surface area contributed by atoms with E-state index in [0.29, 0.717) is 12.6 Å². The van der Waals surface area contributed by atoms with Crippen molar-refractivity contribution in [2.24, 2.45) is 0 Å². The molecule has 1 saturated heterocycles. The van der Waals surface area contributed by atoms with E-state index in [1.165, 1.54) is 6.33 Å². The van der Waals surface area contributed by atoms with Crippen molar-refractivity contribution >= 4 is 23.2 Å². The van der Waals surface area contributed by atoms with Crippen LogP contribution in [-0.2, 0) is 0 Å². The van der Waals surface area contributed by atoms with Crippen LogP contribution in [0, 0.1) is 0 Å². The third-order valence-electron chi connectivity index (χ3n) is 3.60. The Bertz CT molecular complexity index is 631. The quantitative estimate of drug-likeness (QED) is 0.861. The number of ether oxygens (including phenoxy) is 1. The van der Waals surface area contributed by atoms with Crippen molar-refractivity contribution in [3.63, 3.8) is 0 Å². The molecule has 1 aliphatic heterocycles. The van der Waals surface area contributed by atoms with Crippen LogP contribution in [0.4, 0.5) is 11.6 Å². The number of para-hydroxylation sites is 2. The molecule has 2 heterocycles. The minimum atomic E-state index is 0.231. The fraction of sp³-hybridized carbons (Fsp3) is 0.400. The lowest BCUT2D eigenvalue weighted by Crippen LogP contribution is -2.47. The summed E-state index contributed by atoms with van der Waals surface area (Å²) in [5.74, 6) is 1.57. The van der Waals surface area contributed by atoms with Gasteiger partial charge in [0.1, 0.15) is 12.1 Å². The zero-order chi connectivity index (χ0) is 15.4. The average molecular weight is 320 g/mol. The first-order valence-electron chi connectivity index (χ1n) is 7.34. The second-order valence-corrected chi connectivity index (χ2v) is 5.27. The Hall–Kier alpha value is -2.08. The molecule has 116 valence electrons. The molecular formula is C15H18ClN5O. The van der Waals surface area contributed by atoms with E-state index in [1.54, 1.807) is 0 Å². The third kappa shape index (κ3) is 3.22. The van der Waals surface area contributed by atoms with Gasteiger partial charge < -0.3 is 14.5 Å². The number of benzene rings is 1. The zero-order valence-electron chi connectivity index (χ0n) is 12.4. The van der Waals surface area contributed by atoms with E-state index < -0.39 is 0 Å². The summed E-state index contributed by atoms with van der Waals surface area (Å²) in [6.45, 7) is 6.10. The molecule has 0 aliphatic carbocycles. The number of aromatic nitrogens is 3. The summed E-state index contributed by atoms with van der Waals surface area (Å²) >= 11 is 5.83. The Morgan fingerprint density at radius 3 is 2.55 bits per heavy atom. The van der Waals surface area contributed by atoms with Gasteiger partial charge >= 0.3 is 0 Å². The Morgan fingerprint density at radius 2 is 1.82 bits per heavy atom. The number of piperazine rings is 1. The fourth-order valence-corrected chi connectivity index (χ4v) is 2.68. The Labute approximate surface area is 134 Å². The van der Waals surface area contributed by atoms with E-state index in [-0.39, 0.29) is 5.28 Å². The second kappa shape index (κ2) is 6.79. The third-order valence-corrected chi connectivity index (χ3v) is 3.78. The van der Waals surface area contributed by atoms with Gasteiger partial charge in [-0.2, -0.15) is 4.98 Å². The van der Waals surface area contributed by atoms with Crippen LogP contribution in [-0.4, -0.2) is 47.7 Å². The molecule has 2 aromatic rings. The maximum absolute atomic E-state index is 5.83. The highest BCUT2D eigenvalue weighted by molar-refractivity contribution is 6.28. The van der Waals surface area contributed by atoms with Crippen molar-refractivity contribution in [3.8, 4) is 5.75 Å². The first kappa shape index (κ1) is 14.8. The van der Waals surface area contributed by atoms with E-state index in [2.05, 4.69) is 30.8 Å². The van der Waals surface area contributed by atoms with E-state index in [9.17, 15) is 0 Å². The molecule has 0 N–H and O–H groups in total. The van der Waals surface area contributed by atoms with Gasteiger partial charge in [-0.15, -0.1) is 0 Å². The van der Waals surface area contributed by atoms with Gasteiger partial charge in [-0.1, -0.05) is 12.1 Å². The van der Waals surface area contributed by atoms with Gasteiger partial charge in [0, 0.05) is 26.2 Å². The highest BCUT2D eigenvalue weighted by atomic mass is 35.5. The SMILES string of the molecule is CCOc1ccccc1N1CCN(c2ncnc(Cl)n2)CC1. The largest absolute Gasteiger partial charge is 0.492 e. The van der Waals surface area contributed by atoms with Crippen molar-refractivity contribution in [1.29, 1.82) is 0 Å². The van der Waals surface area contributed by atoms with Crippen LogP contribution in [0.3, 0.4) is 0 Å². The molecule has 0 amide bonds. The maximum atomic E-state index is 5.83. The lowest BCUT2D eigenvalue weighted by Gasteiger charge is -2.36. The van der Waals surface area contributed by atoms with Crippen molar-refractivity contribution in [3.05, 3.63) is 35.9 Å². The minimum Gasteiger partial charge on any atom is -0.492 e. The molecular weight excluding hydrogens is 302 g/mol. The monoisotopic (exact) mass is 319 g/mol. The highest BCUT2D eigenvalue weighted by Gasteiger charge is 2.21. The van der Waals surface area contributed by atoms with Crippen LogP contribution in [0.15, 0.2) is 30.6 Å². The predicted octanol–water partition coefficient (Wildman–Crippen LogP) is 2.25. The summed E-state index contributed by atoms with van der Waals surface area (Å²) in [6, 6.07) is 8.14. The minimum absolute atomic E-state index is 0.231. The maximum Gasteiger partial charge on any atom is 0.229 e. The second-order valence-electron chi connectivity index (χ2n) is 4.93. The molecule has 0 atom stereocenters. The number of hydrogen-bond acceptors (Lipinski definition) is 6. The summed E-state index contributed by atoms with van der Waals surface area (Å²) in [5.41, 5.74) is 1.14. The molecule has 6 nitrogen and oxygen atoms in total. The Morgan fingerprint density at radius 1 is 1.09 bits per heavy atom. The number of anilines is 2. The topological polar surface area (TPSA) is 54.4 Å². The van der Waals surface area contributed by atoms with Gasteiger partial charge in [-0.3, -0.25) is 0 Å². The van der Waals surface area contributed by atoms with Gasteiger partial charge in [0.05, 0.1) is 12.3 Å². The first-order valence-corrected chi connectivity index (χ1v) is 7.72. The molecule has 1 aliphatic rings. The zero-order valence-corrected chi connectivity index (χ0v) is 13.2. The molecule has 1 fully saturated rings. The molecule has 1 aromatic heterocycles. The molecule has 22 heavy (non-hydrogen) atoms. The first-order chi connectivity index (χ1) is 10.8. The molecule has 7 heteroatoms. The van der Waals surface area contributed by atoms with E-state index in [4.69, 9.17) is 16.3 Å². The predicted molar refractivity (Wildman–Crippen MR) is 86.9 cm³/mol. The van der Waals surface area contributed by atoms with Crippen LogP contribution >= 0.6 is 11.6 Å². The van der Waals surface area contributed by atoms with Crippen LogP contribution in [0.5, 0.6) is 5.75 Å². The number of halogens is 1. The van der Waals surface area contributed by atoms with Crippen LogP contribution < -0.4 is 14.5 Å². The van der Waals surface area contributed by atoms with Crippen LogP contribution in [0.25, 0.3) is 0 Å². The summed E-state index contributed by atoms with van der Waals surface area (Å²) in [5, 5.41) is 0.231. The van der Waals surface area contributed by atoms with Crippen molar-refractivity contribution in [2.75, 3.05) is 42.6 Å². The fourth-order valence-electron chi connectivity index (χ4n) is 2.56. The lowest BCUT2D eigenvalue weighted by atomic mass is 10.2. The molecule has 0 radical (unpaired) electrons. The summed E-state index contributed by atoms with van der Waals surface area (Å²) in [4.78, 5) is 16.6. The average Bonchev–Trinajstić information content (AvgIpc) is 2.56. The van der Waals surface area contributed by atoms with Gasteiger partial charge in [0.2, 0.25) is 11.2 Å². The Kier molecular flexibility index (Phi) is 4.58. The van der Waals surface area contributed by atoms with Gasteiger partial charge in [0.25, 0.3) is 0 Å². The van der Waals surface area contributed by atoms with E-state index in [1.807, 2.05) is 25.1 Å². The highest BCUT2D eigenvalue weighted by Crippen LogP contribution is 2.29. The van der Waals surface area contributed by atoms with Crippen LogP contribution in [0.1, 0.15) is 6.92 Å². The van der Waals surface area contributed by atoms with Crippen molar-refractivity contribution < 1.29 is 4.74 Å². The molecule has 0 saturated carbocycles. The summed E-state index contributed by atoms with van der Waals surface area (Å²) < 4.78 is 5.71. The van der Waals surface area contributed by atoms with E-state index in [0.717, 1.165) is 37.6 Å². The normalized spacial score (nSPS) is 15.0. The van der Waals surface area contributed by atoms with Gasteiger partial charge in [-0.25, -0.2) is 9.97 Å². The molecule has 0 unspecified atom stereocenters. The van der Waals surface area contributed by atoms with Crippen molar-refractivity contribution in [2.45, 2.75) is 6.92 Å².